The first-order chi connectivity index (χ1) is 9.68. The van der Waals surface area contributed by atoms with Crippen molar-refractivity contribution in [3.8, 4) is 0 Å². The molecule has 0 aromatic rings. The van der Waals surface area contributed by atoms with Gasteiger partial charge in [-0.1, -0.05) is 13.8 Å². The van der Waals surface area contributed by atoms with Crippen LogP contribution < -0.4 is 21.8 Å². The molecule has 0 heterocycles. The van der Waals surface area contributed by atoms with Crippen LogP contribution in [-0.4, -0.2) is 41.4 Å². The van der Waals surface area contributed by atoms with Gasteiger partial charge in [-0.25, -0.2) is 5.48 Å². The minimum Gasteiger partial charge on any atom is -0.368 e. The quantitative estimate of drug-likeness (QED) is 0.205. The Hall–Kier alpha value is -2.16. The predicted octanol–water partition coefficient (Wildman–Crippen LogP) is -1.74. The summed E-state index contributed by atoms with van der Waals surface area (Å²) in [6, 6.07) is -0.946. The lowest BCUT2D eigenvalue weighted by molar-refractivity contribution is -0.142. The van der Waals surface area contributed by atoms with Gasteiger partial charge < -0.3 is 16.4 Å². The van der Waals surface area contributed by atoms with Gasteiger partial charge in [0.1, 0.15) is 12.0 Å². The van der Waals surface area contributed by atoms with Gasteiger partial charge in [0.05, 0.1) is 6.54 Å². The molecule has 0 aliphatic rings. The van der Waals surface area contributed by atoms with E-state index < -0.39 is 35.6 Å². The molecule has 0 aromatic heterocycles. The van der Waals surface area contributed by atoms with Crippen LogP contribution in [0.2, 0.25) is 0 Å². The average Bonchev–Trinajstić information content (AvgIpc) is 2.40. The molecule has 0 aromatic carbocycles. The molecule has 120 valence electrons. The SMILES string of the molecule is CC(C)C[C@@H](C(=O)NO)C(=O)N[C@@H](C)C(=O)NCC(N)=O. The third-order valence-electron chi connectivity index (χ3n) is 2.64. The number of primary amides is 1. The molecule has 6 N–H and O–H groups in total. The predicted molar refractivity (Wildman–Crippen MR) is 72.7 cm³/mol. The number of hydrogen-bond donors (Lipinski definition) is 5. The first-order valence-electron chi connectivity index (χ1n) is 6.49. The Labute approximate surface area is 122 Å². The monoisotopic (exact) mass is 302 g/mol. The average molecular weight is 302 g/mol. The summed E-state index contributed by atoms with van der Waals surface area (Å²) in [5.74, 6) is -3.91. The van der Waals surface area contributed by atoms with Crippen molar-refractivity contribution in [1.82, 2.24) is 16.1 Å². The Kier molecular flexibility index (Phi) is 7.99. The molecule has 0 saturated heterocycles. The number of hydrogen-bond acceptors (Lipinski definition) is 5. The third-order valence-corrected chi connectivity index (χ3v) is 2.64. The summed E-state index contributed by atoms with van der Waals surface area (Å²) in [7, 11) is 0. The lowest BCUT2D eigenvalue weighted by Gasteiger charge is -2.19. The molecule has 0 saturated carbocycles. The summed E-state index contributed by atoms with van der Waals surface area (Å²) < 4.78 is 0. The van der Waals surface area contributed by atoms with Gasteiger partial charge in [0.25, 0.3) is 5.91 Å². The summed E-state index contributed by atoms with van der Waals surface area (Å²) in [6.07, 6.45) is 0.216. The van der Waals surface area contributed by atoms with Crippen LogP contribution >= 0.6 is 0 Å². The Bertz CT molecular complexity index is 410. The van der Waals surface area contributed by atoms with Gasteiger partial charge in [-0.2, -0.15) is 0 Å². The topological polar surface area (TPSA) is 151 Å². The van der Waals surface area contributed by atoms with Crippen LogP contribution in [0.3, 0.4) is 0 Å². The third kappa shape index (κ3) is 7.25. The van der Waals surface area contributed by atoms with Crippen molar-refractivity contribution in [2.45, 2.75) is 33.2 Å². The fourth-order valence-electron chi connectivity index (χ4n) is 1.59. The first-order valence-corrected chi connectivity index (χ1v) is 6.49. The van der Waals surface area contributed by atoms with E-state index in [-0.39, 0.29) is 18.9 Å². The normalized spacial score (nSPS) is 13.2. The lowest BCUT2D eigenvalue weighted by Crippen LogP contribution is -2.50. The van der Waals surface area contributed by atoms with Gasteiger partial charge in [0.2, 0.25) is 17.7 Å². The van der Waals surface area contributed by atoms with E-state index in [1.54, 1.807) is 0 Å². The molecule has 0 unspecified atom stereocenters. The number of carbonyl (C=O) groups excluding carboxylic acids is 4. The van der Waals surface area contributed by atoms with Gasteiger partial charge >= 0.3 is 0 Å². The molecule has 2 atom stereocenters. The summed E-state index contributed by atoms with van der Waals surface area (Å²) in [5, 5.41) is 13.2. The van der Waals surface area contributed by atoms with Crippen LogP contribution in [0.15, 0.2) is 0 Å². The highest BCUT2D eigenvalue weighted by Gasteiger charge is 2.29. The number of hydroxylamine groups is 1. The van der Waals surface area contributed by atoms with Crippen molar-refractivity contribution in [2.24, 2.45) is 17.6 Å². The minimum absolute atomic E-state index is 0.0389. The maximum absolute atomic E-state index is 12.0. The lowest BCUT2D eigenvalue weighted by atomic mass is 9.95. The van der Waals surface area contributed by atoms with Crippen molar-refractivity contribution >= 4 is 23.6 Å². The van der Waals surface area contributed by atoms with Crippen molar-refractivity contribution < 1.29 is 24.4 Å². The second-order valence-corrected chi connectivity index (χ2v) is 5.07. The van der Waals surface area contributed by atoms with Crippen molar-refractivity contribution in [3.63, 3.8) is 0 Å². The molecule has 21 heavy (non-hydrogen) atoms. The number of rotatable bonds is 8. The van der Waals surface area contributed by atoms with Crippen molar-refractivity contribution in [2.75, 3.05) is 6.54 Å². The van der Waals surface area contributed by atoms with Crippen LogP contribution in [-0.2, 0) is 19.2 Å². The van der Waals surface area contributed by atoms with E-state index in [1.165, 1.54) is 12.4 Å². The van der Waals surface area contributed by atoms with Crippen LogP contribution in [0.25, 0.3) is 0 Å². The molecule has 0 aliphatic carbocycles. The second kappa shape index (κ2) is 8.90. The summed E-state index contributed by atoms with van der Waals surface area (Å²) in [5.41, 5.74) is 6.31. The van der Waals surface area contributed by atoms with Gasteiger partial charge in [-0.3, -0.25) is 24.4 Å². The van der Waals surface area contributed by atoms with Crippen LogP contribution in [0.4, 0.5) is 0 Å². The van der Waals surface area contributed by atoms with E-state index in [1.807, 2.05) is 13.8 Å². The molecular formula is C12H22N4O5. The summed E-state index contributed by atoms with van der Waals surface area (Å²) >= 11 is 0. The highest BCUT2D eigenvalue weighted by atomic mass is 16.5. The molecule has 4 amide bonds. The van der Waals surface area contributed by atoms with Gasteiger partial charge in [0.15, 0.2) is 0 Å². The zero-order valence-electron chi connectivity index (χ0n) is 12.3. The van der Waals surface area contributed by atoms with E-state index >= 15 is 0 Å². The molecule has 0 spiro atoms. The fraction of sp³-hybridized carbons (Fsp3) is 0.667. The molecular weight excluding hydrogens is 280 g/mol. The van der Waals surface area contributed by atoms with Gasteiger partial charge in [-0.15, -0.1) is 0 Å². The molecule has 0 aliphatic heterocycles. The Morgan fingerprint density at radius 2 is 1.62 bits per heavy atom. The van der Waals surface area contributed by atoms with Crippen molar-refractivity contribution in [3.05, 3.63) is 0 Å². The number of nitrogens with two attached hydrogens (primary N) is 1. The summed E-state index contributed by atoms with van der Waals surface area (Å²) in [6.45, 7) is 4.69. The smallest absolute Gasteiger partial charge is 0.255 e. The summed E-state index contributed by atoms with van der Waals surface area (Å²) in [4.78, 5) is 45.6. The maximum Gasteiger partial charge on any atom is 0.255 e. The first kappa shape index (κ1) is 18.8. The highest BCUT2D eigenvalue weighted by Crippen LogP contribution is 2.12. The standard InChI is InChI=1S/C12H22N4O5/c1-6(2)4-8(12(20)16-21)11(19)15-7(3)10(18)14-5-9(13)17/h6-8,21H,4-5H2,1-3H3,(H2,13,17)(H,14,18)(H,15,19)(H,16,20)/t7-,8+/m0/s1. The molecule has 9 heteroatoms. The number of nitrogens with one attached hydrogen (secondary N) is 3. The van der Waals surface area contributed by atoms with E-state index in [2.05, 4.69) is 10.6 Å². The van der Waals surface area contributed by atoms with Crippen molar-refractivity contribution in [1.29, 1.82) is 0 Å². The maximum atomic E-state index is 12.0. The fourth-order valence-corrected chi connectivity index (χ4v) is 1.59. The molecule has 0 radical (unpaired) electrons. The molecule has 0 rings (SSSR count). The minimum atomic E-state index is -1.11. The second-order valence-electron chi connectivity index (χ2n) is 5.07. The van der Waals surface area contributed by atoms with E-state index in [0.29, 0.717) is 0 Å². The Balaban J connectivity index is 4.62. The largest absolute Gasteiger partial charge is 0.368 e. The van der Waals surface area contributed by atoms with E-state index in [9.17, 15) is 19.2 Å². The Morgan fingerprint density at radius 1 is 1.05 bits per heavy atom. The number of amides is 4. The van der Waals surface area contributed by atoms with Gasteiger partial charge in [0, 0.05) is 0 Å². The van der Waals surface area contributed by atoms with Crippen LogP contribution in [0.1, 0.15) is 27.2 Å². The molecule has 9 nitrogen and oxygen atoms in total. The molecule has 0 bridgehead atoms. The highest BCUT2D eigenvalue weighted by molar-refractivity contribution is 6.01. The number of carbonyl (C=O) groups is 4. The van der Waals surface area contributed by atoms with Crippen LogP contribution in [0, 0.1) is 11.8 Å². The van der Waals surface area contributed by atoms with E-state index in [0.717, 1.165) is 0 Å². The zero-order chi connectivity index (χ0) is 16.6. The Morgan fingerprint density at radius 3 is 2.05 bits per heavy atom. The molecule has 0 fully saturated rings. The van der Waals surface area contributed by atoms with E-state index in [4.69, 9.17) is 10.9 Å². The van der Waals surface area contributed by atoms with Gasteiger partial charge in [-0.05, 0) is 19.3 Å². The van der Waals surface area contributed by atoms with Crippen LogP contribution in [0.5, 0.6) is 0 Å². The zero-order valence-corrected chi connectivity index (χ0v) is 12.3.